The fraction of sp³-hybridized carbons (Fsp3) is 0.700. The molecule has 6 heteroatoms. The van der Waals surface area contributed by atoms with Gasteiger partial charge in [-0.15, -0.1) is 11.8 Å². The van der Waals surface area contributed by atoms with E-state index < -0.39 is 10.1 Å². The number of benzene rings is 1. The van der Waals surface area contributed by atoms with E-state index in [9.17, 15) is 8.42 Å². The van der Waals surface area contributed by atoms with Gasteiger partial charge >= 0.3 is 0 Å². The molecule has 4 nitrogen and oxygen atoms in total. The molecule has 0 saturated carbocycles. The zero-order chi connectivity index (χ0) is 18.7. The van der Waals surface area contributed by atoms with Crippen LogP contribution in [0.3, 0.4) is 0 Å². The lowest BCUT2D eigenvalue weighted by Gasteiger charge is -2.12. The Balaban J connectivity index is 1.42. The van der Waals surface area contributed by atoms with Gasteiger partial charge in [0, 0.05) is 18.2 Å². The minimum Gasteiger partial charge on any atom is -0.293 e. The molecule has 0 N–H and O–H groups in total. The molecule has 1 aromatic carbocycles. The summed E-state index contributed by atoms with van der Waals surface area (Å²) in [7, 11) is -3.60. The fourth-order valence-electron chi connectivity index (χ4n) is 3.07. The SMILES string of the molecule is Cc1ccc(S(=O)(=O)OCCCCCCCCCCN2CCSC2)cc1. The van der Waals surface area contributed by atoms with Crippen molar-refractivity contribution in [3.8, 4) is 0 Å². The summed E-state index contributed by atoms with van der Waals surface area (Å²) in [5, 5.41) is 0. The van der Waals surface area contributed by atoms with E-state index in [0.29, 0.717) is 0 Å². The molecule has 2 rings (SSSR count). The summed E-state index contributed by atoms with van der Waals surface area (Å²) in [5.74, 6) is 2.53. The standard InChI is InChI=1S/C20H33NO3S2/c1-19-10-12-20(13-11-19)26(22,23)24-16-9-7-5-3-2-4-6-8-14-21-15-17-25-18-21/h10-13H,2-9,14-18H2,1H3. The maximum Gasteiger partial charge on any atom is 0.296 e. The van der Waals surface area contributed by atoms with Crippen LogP contribution in [-0.2, 0) is 14.3 Å². The molecule has 1 aromatic rings. The minimum absolute atomic E-state index is 0.246. The topological polar surface area (TPSA) is 46.6 Å². The van der Waals surface area contributed by atoms with Gasteiger partial charge in [0.1, 0.15) is 0 Å². The molecule has 1 heterocycles. The Labute approximate surface area is 163 Å². The lowest BCUT2D eigenvalue weighted by atomic mass is 10.1. The molecular formula is C20H33NO3S2. The van der Waals surface area contributed by atoms with Crippen molar-refractivity contribution in [2.75, 3.05) is 31.3 Å². The summed E-state index contributed by atoms with van der Waals surface area (Å²) in [4.78, 5) is 2.80. The second kappa shape index (κ2) is 12.0. The van der Waals surface area contributed by atoms with Crippen molar-refractivity contribution < 1.29 is 12.6 Å². The second-order valence-electron chi connectivity index (χ2n) is 7.07. The number of thioether (sulfide) groups is 1. The van der Waals surface area contributed by atoms with Crippen molar-refractivity contribution in [2.24, 2.45) is 0 Å². The monoisotopic (exact) mass is 399 g/mol. The Morgan fingerprint density at radius 1 is 0.962 bits per heavy atom. The van der Waals surface area contributed by atoms with Crippen LogP contribution in [0.1, 0.15) is 56.9 Å². The van der Waals surface area contributed by atoms with Crippen LogP contribution in [0.15, 0.2) is 29.2 Å². The Kier molecular flexibility index (Phi) is 10.0. The molecule has 1 fully saturated rings. The quantitative estimate of drug-likeness (QED) is 0.351. The predicted molar refractivity (Wildman–Crippen MR) is 110 cm³/mol. The molecule has 0 bridgehead atoms. The van der Waals surface area contributed by atoms with Crippen LogP contribution in [0, 0.1) is 6.92 Å². The molecule has 0 radical (unpaired) electrons. The van der Waals surface area contributed by atoms with E-state index in [2.05, 4.69) is 4.90 Å². The molecule has 1 saturated heterocycles. The summed E-state index contributed by atoms with van der Waals surface area (Å²) in [6, 6.07) is 6.79. The van der Waals surface area contributed by atoms with E-state index >= 15 is 0 Å². The van der Waals surface area contributed by atoms with Crippen LogP contribution in [0.4, 0.5) is 0 Å². The normalized spacial score (nSPS) is 15.6. The maximum absolute atomic E-state index is 12.0. The van der Waals surface area contributed by atoms with Gasteiger partial charge < -0.3 is 0 Å². The van der Waals surface area contributed by atoms with E-state index in [4.69, 9.17) is 4.18 Å². The van der Waals surface area contributed by atoms with E-state index in [-0.39, 0.29) is 11.5 Å². The van der Waals surface area contributed by atoms with Gasteiger partial charge in [-0.1, -0.05) is 56.2 Å². The molecule has 1 aliphatic heterocycles. The number of aryl methyl sites for hydroxylation is 1. The van der Waals surface area contributed by atoms with Gasteiger partial charge in [0.25, 0.3) is 10.1 Å². The summed E-state index contributed by atoms with van der Waals surface area (Å²) in [6.07, 6.45) is 9.51. The number of hydrogen-bond donors (Lipinski definition) is 0. The third-order valence-electron chi connectivity index (χ3n) is 4.74. The van der Waals surface area contributed by atoms with E-state index in [1.165, 1.54) is 56.8 Å². The first-order valence-electron chi connectivity index (χ1n) is 9.84. The summed E-state index contributed by atoms with van der Waals surface area (Å²) < 4.78 is 29.2. The zero-order valence-electron chi connectivity index (χ0n) is 16.0. The van der Waals surface area contributed by atoms with E-state index in [0.717, 1.165) is 24.8 Å². The molecule has 0 aliphatic carbocycles. The third-order valence-corrected chi connectivity index (χ3v) is 7.09. The Bertz CT molecular complexity index is 596. The zero-order valence-corrected chi connectivity index (χ0v) is 17.6. The van der Waals surface area contributed by atoms with Crippen LogP contribution < -0.4 is 0 Å². The van der Waals surface area contributed by atoms with Crippen LogP contribution in [0.2, 0.25) is 0 Å². The maximum atomic E-state index is 12.0. The Morgan fingerprint density at radius 2 is 1.58 bits per heavy atom. The molecule has 0 amide bonds. The van der Waals surface area contributed by atoms with Crippen molar-refractivity contribution in [3.05, 3.63) is 29.8 Å². The van der Waals surface area contributed by atoms with Gasteiger partial charge in [0.2, 0.25) is 0 Å². The molecule has 0 atom stereocenters. The second-order valence-corrected chi connectivity index (χ2v) is 9.76. The van der Waals surface area contributed by atoms with Crippen molar-refractivity contribution >= 4 is 21.9 Å². The summed E-state index contributed by atoms with van der Waals surface area (Å²) in [5.41, 5.74) is 1.04. The molecular weight excluding hydrogens is 366 g/mol. The summed E-state index contributed by atoms with van der Waals surface area (Å²) >= 11 is 2.04. The minimum atomic E-state index is -3.60. The first-order chi connectivity index (χ1) is 12.6. The first kappa shape index (κ1) is 21.7. The molecule has 1 aliphatic rings. The Hall–Kier alpha value is -0.560. The lowest BCUT2D eigenvalue weighted by molar-refractivity contribution is 0.306. The first-order valence-corrected chi connectivity index (χ1v) is 12.4. The highest BCUT2D eigenvalue weighted by atomic mass is 32.2. The van der Waals surface area contributed by atoms with Crippen molar-refractivity contribution in [1.29, 1.82) is 0 Å². The number of nitrogens with zero attached hydrogens (tertiary/aromatic N) is 1. The van der Waals surface area contributed by atoms with Gasteiger partial charge in [-0.25, -0.2) is 0 Å². The van der Waals surface area contributed by atoms with Gasteiger partial charge in [-0.2, -0.15) is 8.42 Å². The lowest BCUT2D eigenvalue weighted by Crippen LogP contribution is -2.20. The van der Waals surface area contributed by atoms with E-state index in [1.807, 2.05) is 18.7 Å². The van der Waals surface area contributed by atoms with Crippen LogP contribution in [0.5, 0.6) is 0 Å². The highest BCUT2D eigenvalue weighted by molar-refractivity contribution is 7.99. The molecule has 0 unspecified atom stereocenters. The largest absolute Gasteiger partial charge is 0.296 e. The number of unbranched alkanes of at least 4 members (excludes halogenated alkanes) is 7. The van der Waals surface area contributed by atoms with Gasteiger partial charge in [-0.3, -0.25) is 9.08 Å². The van der Waals surface area contributed by atoms with Crippen molar-refractivity contribution in [3.63, 3.8) is 0 Å². The average molecular weight is 400 g/mol. The predicted octanol–water partition coefficient (Wildman–Crippen LogP) is 4.83. The van der Waals surface area contributed by atoms with Gasteiger partial charge in [0.05, 0.1) is 11.5 Å². The highest BCUT2D eigenvalue weighted by Crippen LogP contribution is 2.16. The van der Waals surface area contributed by atoms with Crippen LogP contribution in [-0.4, -0.2) is 44.6 Å². The smallest absolute Gasteiger partial charge is 0.293 e. The number of rotatable bonds is 13. The molecule has 148 valence electrons. The third kappa shape index (κ3) is 8.42. The Morgan fingerprint density at radius 3 is 2.19 bits per heavy atom. The summed E-state index contributed by atoms with van der Waals surface area (Å²) in [6.45, 7) is 4.75. The fourth-order valence-corrected chi connectivity index (χ4v) is 5.04. The van der Waals surface area contributed by atoms with E-state index in [1.54, 1.807) is 24.3 Å². The molecule has 0 spiro atoms. The molecule has 26 heavy (non-hydrogen) atoms. The average Bonchev–Trinajstić information content (AvgIpc) is 3.13. The van der Waals surface area contributed by atoms with Crippen molar-refractivity contribution in [1.82, 2.24) is 4.90 Å². The highest BCUT2D eigenvalue weighted by Gasteiger charge is 2.14. The van der Waals surface area contributed by atoms with Gasteiger partial charge in [0.15, 0.2) is 0 Å². The number of hydrogen-bond acceptors (Lipinski definition) is 5. The van der Waals surface area contributed by atoms with Gasteiger partial charge in [-0.05, 0) is 38.4 Å². The van der Waals surface area contributed by atoms with Crippen molar-refractivity contribution in [2.45, 2.75) is 63.2 Å². The van der Waals surface area contributed by atoms with Crippen LogP contribution in [0.25, 0.3) is 0 Å². The van der Waals surface area contributed by atoms with Crippen LogP contribution >= 0.6 is 11.8 Å². The molecule has 0 aromatic heterocycles.